The average Bonchev–Trinajstić information content (AvgIpc) is 3.35. The topological polar surface area (TPSA) is 12.0 Å². The van der Waals surface area contributed by atoms with Gasteiger partial charge in [-0.25, -0.2) is 0 Å². The molecule has 45 heavy (non-hydrogen) atoms. The molecule has 0 spiro atoms. The van der Waals surface area contributed by atoms with Gasteiger partial charge in [-0.2, -0.15) is 0 Å². The average molecular weight is 657 g/mol. The van der Waals surface area contributed by atoms with Crippen molar-refractivity contribution in [3.05, 3.63) is 131 Å². The van der Waals surface area contributed by atoms with Crippen LogP contribution >= 0.6 is 15.9 Å². The van der Waals surface area contributed by atoms with Crippen LogP contribution in [0.25, 0.3) is 33.4 Å². The molecule has 1 aliphatic carbocycles. The quantitative estimate of drug-likeness (QED) is 0.117. The third kappa shape index (κ3) is 6.82. The molecule has 1 aliphatic rings. The molecule has 0 bridgehead atoms. The fourth-order valence-corrected chi connectivity index (χ4v) is 7.68. The van der Waals surface area contributed by atoms with Gasteiger partial charge in [-0.05, 0) is 99.8 Å². The number of hydrogen-bond acceptors (Lipinski definition) is 1. The van der Waals surface area contributed by atoms with Gasteiger partial charge in [0.05, 0.1) is 0 Å². The van der Waals surface area contributed by atoms with E-state index in [9.17, 15) is 0 Å². The van der Waals surface area contributed by atoms with Crippen LogP contribution in [0.3, 0.4) is 0 Å². The summed E-state index contributed by atoms with van der Waals surface area (Å²) in [5.41, 5.74) is 13.4. The first kappa shape index (κ1) is 31.4. The zero-order valence-electron chi connectivity index (χ0n) is 26.9. The Labute approximate surface area is 279 Å². The minimum absolute atomic E-state index is 0.0959. The molecule has 0 radical (unpaired) electrons. The molecule has 5 aromatic rings. The van der Waals surface area contributed by atoms with Gasteiger partial charge < -0.3 is 5.32 Å². The molecule has 2 heteroatoms. The number of nitrogens with one attached hydrogen (secondary N) is 1. The highest BCUT2D eigenvalue weighted by Gasteiger charge is 2.42. The van der Waals surface area contributed by atoms with Crippen molar-refractivity contribution in [3.8, 4) is 33.4 Å². The number of halogens is 1. The van der Waals surface area contributed by atoms with Gasteiger partial charge in [-0.1, -0.05) is 154 Å². The second kappa shape index (κ2) is 14.6. The minimum Gasteiger partial charge on any atom is -0.356 e. The number of anilines is 2. The van der Waals surface area contributed by atoms with Crippen LogP contribution in [0.4, 0.5) is 11.4 Å². The lowest BCUT2D eigenvalue weighted by Gasteiger charge is -2.33. The summed E-state index contributed by atoms with van der Waals surface area (Å²) in [5.74, 6) is 0. The van der Waals surface area contributed by atoms with E-state index in [0.29, 0.717) is 0 Å². The number of fused-ring (bicyclic) bond motifs is 3. The van der Waals surface area contributed by atoms with Crippen LogP contribution in [0.2, 0.25) is 0 Å². The van der Waals surface area contributed by atoms with Crippen molar-refractivity contribution in [2.75, 3.05) is 5.32 Å². The van der Waals surface area contributed by atoms with Crippen molar-refractivity contribution in [1.82, 2.24) is 0 Å². The summed E-state index contributed by atoms with van der Waals surface area (Å²) in [4.78, 5) is 0. The Bertz CT molecular complexity index is 1690. The second-order valence-electron chi connectivity index (χ2n) is 12.8. The number of rotatable bonds is 14. The van der Waals surface area contributed by atoms with E-state index in [4.69, 9.17) is 0 Å². The van der Waals surface area contributed by atoms with E-state index in [1.807, 2.05) is 0 Å². The van der Waals surface area contributed by atoms with Crippen molar-refractivity contribution < 1.29 is 0 Å². The Hall–Kier alpha value is -3.62. The first-order valence-electron chi connectivity index (χ1n) is 17.1. The SMILES string of the molecule is CCCCCCC1(CCCCCC)c2ccccc2-c2ccc(-c3ccccc3-c3ccc(Nc4ccc(Br)cc4)cc3)cc21. The Morgan fingerprint density at radius 1 is 0.489 bits per heavy atom. The molecular formula is C43H46BrN. The Morgan fingerprint density at radius 2 is 1.00 bits per heavy atom. The Morgan fingerprint density at radius 3 is 1.62 bits per heavy atom. The fourth-order valence-electron chi connectivity index (χ4n) is 7.41. The van der Waals surface area contributed by atoms with Crippen molar-refractivity contribution >= 4 is 27.3 Å². The first-order valence-corrected chi connectivity index (χ1v) is 17.9. The third-order valence-corrected chi connectivity index (χ3v) is 10.3. The molecular weight excluding hydrogens is 610 g/mol. The fraction of sp³-hybridized carbons (Fsp3) is 0.302. The van der Waals surface area contributed by atoms with Crippen LogP contribution in [0.15, 0.2) is 120 Å². The molecule has 1 nitrogen and oxygen atoms in total. The molecule has 0 aliphatic heterocycles. The largest absolute Gasteiger partial charge is 0.356 e. The maximum absolute atomic E-state index is 3.53. The molecule has 1 N–H and O–H groups in total. The molecule has 230 valence electrons. The van der Waals surface area contributed by atoms with Gasteiger partial charge in [0.15, 0.2) is 0 Å². The standard InChI is InChI=1S/C43H46BrN/c1-3-5-7-13-29-43(30-14-8-6-4-2)41-18-12-11-17-39(41)40-28-21-33(31-42(40)43)38-16-10-9-15-37(38)32-19-24-35(25-20-32)45-36-26-22-34(44)23-27-36/h9-12,15-28,31,45H,3-8,13-14,29-30H2,1-2H3. The lowest BCUT2D eigenvalue weighted by Crippen LogP contribution is -2.25. The molecule has 0 aromatic heterocycles. The van der Waals surface area contributed by atoms with E-state index in [0.717, 1.165) is 15.8 Å². The molecule has 0 amide bonds. The molecule has 0 saturated carbocycles. The summed E-state index contributed by atoms with van der Waals surface area (Å²) < 4.78 is 1.08. The lowest BCUT2D eigenvalue weighted by atomic mass is 9.70. The van der Waals surface area contributed by atoms with Crippen molar-refractivity contribution in [1.29, 1.82) is 0 Å². The van der Waals surface area contributed by atoms with E-state index in [1.54, 1.807) is 11.1 Å². The molecule has 0 fully saturated rings. The predicted octanol–water partition coefficient (Wildman–Crippen LogP) is 13.7. The minimum atomic E-state index is 0.0959. The summed E-state index contributed by atoms with van der Waals surface area (Å²) >= 11 is 3.53. The molecule has 6 rings (SSSR count). The highest BCUT2D eigenvalue weighted by Crippen LogP contribution is 2.55. The lowest BCUT2D eigenvalue weighted by molar-refractivity contribution is 0.401. The maximum atomic E-state index is 3.53. The molecule has 0 saturated heterocycles. The van der Waals surface area contributed by atoms with Gasteiger partial charge in [-0.3, -0.25) is 0 Å². The van der Waals surface area contributed by atoms with E-state index in [2.05, 4.69) is 150 Å². The number of hydrogen-bond donors (Lipinski definition) is 1. The summed E-state index contributed by atoms with van der Waals surface area (Å²) in [6.45, 7) is 4.63. The van der Waals surface area contributed by atoms with Crippen molar-refractivity contribution in [2.24, 2.45) is 0 Å². The van der Waals surface area contributed by atoms with E-state index < -0.39 is 0 Å². The van der Waals surface area contributed by atoms with Crippen LogP contribution in [-0.2, 0) is 5.41 Å². The van der Waals surface area contributed by atoms with Gasteiger partial charge >= 0.3 is 0 Å². The highest BCUT2D eigenvalue weighted by atomic mass is 79.9. The summed E-state index contributed by atoms with van der Waals surface area (Å²) in [6.07, 6.45) is 12.9. The van der Waals surface area contributed by atoms with Gasteiger partial charge in [0.2, 0.25) is 0 Å². The van der Waals surface area contributed by atoms with Crippen molar-refractivity contribution in [2.45, 2.75) is 83.5 Å². The predicted molar refractivity (Wildman–Crippen MR) is 198 cm³/mol. The van der Waals surface area contributed by atoms with Gasteiger partial charge in [0.1, 0.15) is 0 Å². The van der Waals surface area contributed by atoms with Crippen LogP contribution < -0.4 is 5.32 Å². The normalized spacial score (nSPS) is 13.0. The van der Waals surface area contributed by atoms with E-state index in [-0.39, 0.29) is 5.41 Å². The van der Waals surface area contributed by atoms with Crippen LogP contribution in [0.1, 0.15) is 89.2 Å². The monoisotopic (exact) mass is 655 g/mol. The maximum Gasteiger partial charge on any atom is 0.0384 e. The molecule has 0 atom stereocenters. The van der Waals surface area contributed by atoms with Crippen LogP contribution in [0.5, 0.6) is 0 Å². The van der Waals surface area contributed by atoms with Gasteiger partial charge in [-0.15, -0.1) is 0 Å². The van der Waals surface area contributed by atoms with Crippen molar-refractivity contribution in [3.63, 3.8) is 0 Å². The number of benzene rings is 5. The van der Waals surface area contributed by atoms with Crippen LogP contribution in [-0.4, -0.2) is 0 Å². The van der Waals surface area contributed by atoms with E-state index >= 15 is 0 Å². The Kier molecular flexibility index (Phi) is 10.2. The third-order valence-electron chi connectivity index (χ3n) is 9.75. The first-order chi connectivity index (χ1) is 22.1. The molecule has 0 unspecified atom stereocenters. The number of unbranched alkanes of at least 4 members (excludes halogenated alkanes) is 6. The zero-order valence-corrected chi connectivity index (χ0v) is 28.5. The molecule has 5 aromatic carbocycles. The van der Waals surface area contributed by atoms with E-state index in [1.165, 1.54) is 97.6 Å². The zero-order chi connectivity index (χ0) is 31.1. The summed E-state index contributed by atoms with van der Waals surface area (Å²) in [5, 5.41) is 3.53. The van der Waals surface area contributed by atoms with Gasteiger partial charge in [0, 0.05) is 21.3 Å². The summed E-state index contributed by atoms with van der Waals surface area (Å²) in [7, 11) is 0. The van der Waals surface area contributed by atoms with Crippen LogP contribution in [0, 0.1) is 0 Å². The smallest absolute Gasteiger partial charge is 0.0384 e. The van der Waals surface area contributed by atoms with Gasteiger partial charge in [0.25, 0.3) is 0 Å². The molecule has 0 heterocycles. The highest BCUT2D eigenvalue weighted by molar-refractivity contribution is 9.10. The Balaban J connectivity index is 1.36. The summed E-state index contributed by atoms with van der Waals surface area (Å²) in [6, 6.07) is 42.8. The second-order valence-corrected chi connectivity index (χ2v) is 13.7.